The molecule has 1 atom stereocenters. The van der Waals surface area contributed by atoms with Crippen LogP contribution in [0.3, 0.4) is 0 Å². The fourth-order valence-corrected chi connectivity index (χ4v) is 4.11. The maximum atomic E-state index is 13.9. The van der Waals surface area contributed by atoms with Gasteiger partial charge in [0.1, 0.15) is 18.5 Å². The fraction of sp³-hybridized carbons (Fsp3) is 0.290. The summed E-state index contributed by atoms with van der Waals surface area (Å²) in [6, 6.07) is 24.7. The second-order valence-electron chi connectivity index (χ2n) is 9.43. The van der Waals surface area contributed by atoms with E-state index < -0.39 is 30.0 Å². The number of hydrogen-bond donors (Lipinski definition) is 3. The highest BCUT2D eigenvalue weighted by atomic mass is 16.5. The van der Waals surface area contributed by atoms with E-state index in [2.05, 4.69) is 5.32 Å². The summed E-state index contributed by atoms with van der Waals surface area (Å²) in [7, 11) is 1.56. The first kappa shape index (κ1) is 31.6. The van der Waals surface area contributed by atoms with Crippen LogP contribution in [0.2, 0.25) is 0 Å². The largest absolute Gasteiger partial charge is 0.497 e. The Morgan fingerprint density at radius 2 is 1.50 bits per heavy atom. The summed E-state index contributed by atoms with van der Waals surface area (Å²) in [4.78, 5) is 53.1. The maximum absolute atomic E-state index is 13.9. The zero-order chi connectivity index (χ0) is 30.3. The zero-order valence-corrected chi connectivity index (χ0v) is 23.5. The molecule has 0 bridgehead atoms. The Hall–Kier alpha value is -4.90. The number of primary amides is 1. The molecule has 222 valence electrons. The van der Waals surface area contributed by atoms with E-state index in [1.165, 1.54) is 4.90 Å². The number of aliphatic hydroxyl groups is 1. The van der Waals surface area contributed by atoms with Crippen LogP contribution >= 0.6 is 0 Å². The van der Waals surface area contributed by atoms with Gasteiger partial charge in [-0.25, -0.2) is 9.59 Å². The van der Waals surface area contributed by atoms with Gasteiger partial charge >= 0.3 is 12.1 Å². The lowest BCUT2D eigenvalue weighted by molar-refractivity contribution is -0.130. The smallest absolute Gasteiger partial charge is 0.404 e. The summed E-state index contributed by atoms with van der Waals surface area (Å²) >= 11 is 0. The first-order valence-electron chi connectivity index (χ1n) is 13.4. The van der Waals surface area contributed by atoms with Gasteiger partial charge in [-0.05, 0) is 35.2 Å². The number of benzene rings is 3. The van der Waals surface area contributed by atoms with Crippen molar-refractivity contribution in [2.24, 2.45) is 5.73 Å². The lowest BCUT2D eigenvalue weighted by atomic mass is 10.1. The quantitative estimate of drug-likeness (QED) is 0.267. The molecule has 3 aromatic carbocycles. The molecule has 3 rings (SSSR count). The number of imide groups is 1. The Labute approximate surface area is 244 Å². The zero-order valence-electron chi connectivity index (χ0n) is 23.5. The topological polar surface area (TPSA) is 151 Å². The molecule has 0 unspecified atom stereocenters. The van der Waals surface area contributed by atoms with Gasteiger partial charge in [-0.15, -0.1) is 0 Å². The number of nitrogens with one attached hydrogen (secondary N) is 1. The molecule has 4 N–H and O–H groups in total. The Balaban J connectivity index is 1.78. The minimum atomic E-state index is -1.56. The lowest BCUT2D eigenvalue weighted by Crippen LogP contribution is -2.51. The molecule has 0 aliphatic carbocycles. The number of nitrogens with two attached hydrogens (primary N) is 1. The second-order valence-corrected chi connectivity index (χ2v) is 9.43. The van der Waals surface area contributed by atoms with Crippen LogP contribution in [0.4, 0.5) is 9.59 Å². The summed E-state index contributed by atoms with van der Waals surface area (Å²) < 4.78 is 9.89. The number of ether oxygens (including phenoxy) is 2. The van der Waals surface area contributed by atoms with Crippen LogP contribution in [0.1, 0.15) is 23.1 Å². The first-order valence-corrected chi connectivity index (χ1v) is 13.4. The van der Waals surface area contributed by atoms with Crippen molar-refractivity contribution >= 4 is 23.9 Å². The third-order valence-electron chi connectivity index (χ3n) is 6.37. The van der Waals surface area contributed by atoms with E-state index >= 15 is 0 Å². The molecule has 0 aromatic heterocycles. The van der Waals surface area contributed by atoms with E-state index in [9.17, 15) is 24.3 Å². The summed E-state index contributed by atoms with van der Waals surface area (Å²) in [5.74, 6) is -0.591. The Kier molecular flexibility index (Phi) is 12.3. The van der Waals surface area contributed by atoms with E-state index in [4.69, 9.17) is 15.2 Å². The predicted molar refractivity (Wildman–Crippen MR) is 155 cm³/mol. The molecule has 0 fully saturated rings. The minimum absolute atomic E-state index is 0.00214. The van der Waals surface area contributed by atoms with Crippen molar-refractivity contribution in [3.05, 3.63) is 102 Å². The molecular weight excluding hydrogens is 540 g/mol. The van der Waals surface area contributed by atoms with Crippen molar-refractivity contribution in [3.8, 4) is 5.75 Å². The molecule has 0 aliphatic heterocycles. The number of hydrogen-bond acceptors (Lipinski definition) is 7. The Morgan fingerprint density at radius 3 is 2.10 bits per heavy atom. The SMILES string of the molecule is COc1ccc(CCN(C(=O)CCOC(N)=O)C(=O)N(Cc2ccccc2)C[C@H](O)C(=O)NCc2ccccc2)cc1. The van der Waals surface area contributed by atoms with Gasteiger partial charge in [-0.2, -0.15) is 0 Å². The van der Waals surface area contributed by atoms with Crippen molar-refractivity contribution in [3.63, 3.8) is 0 Å². The van der Waals surface area contributed by atoms with Gasteiger partial charge in [0.15, 0.2) is 0 Å². The maximum Gasteiger partial charge on any atom is 0.404 e. The molecule has 0 radical (unpaired) electrons. The number of carbonyl (C=O) groups excluding carboxylic acids is 4. The van der Waals surface area contributed by atoms with Crippen LogP contribution in [0, 0.1) is 0 Å². The summed E-state index contributed by atoms with van der Waals surface area (Å²) in [5, 5.41) is 13.5. The van der Waals surface area contributed by atoms with E-state index in [1.807, 2.05) is 48.5 Å². The van der Waals surface area contributed by atoms with Crippen molar-refractivity contribution in [1.82, 2.24) is 15.1 Å². The van der Waals surface area contributed by atoms with Gasteiger partial charge < -0.3 is 30.5 Å². The van der Waals surface area contributed by atoms with Crippen LogP contribution in [0.5, 0.6) is 5.75 Å². The van der Waals surface area contributed by atoms with Gasteiger partial charge in [0.2, 0.25) is 5.91 Å². The van der Waals surface area contributed by atoms with Gasteiger partial charge in [0, 0.05) is 19.6 Å². The van der Waals surface area contributed by atoms with Gasteiger partial charge in [-0.1, -0.05) is 72.8 Å². The van der Waals surface area contributed by atoms with Crippen LogP contribution in [-0.2, 0) is 33.8 Å². The summed E-state index contributed by atoms with van der Waals surface area (Å²) in [6.45, 7) is -0.424. The highest BCUT2D eigenvalue weighted by Crippen LogP contribution is 2.15. The van der Waals surface area contributed by atoms with Crippen molar-refractivity contribution in [2.45, 2.75) is 32.0 Å². The monoisotopic (exact) mass is 576 g/mol. The second kappa shape index (κ2) is 16.4. The Bertz CT molecular complexity index is 1300. The van der Waals surface area contributed by atoms with E-state index in [-0.39, 0.29) is 39.2 Å². The van der Waals surface area contributed by atoms with E-state index in [0.717, 1.165) is 21.6 Å². The number of amides is 5. The highest BCUT2D eigenvalue weighted by Gasteiger charge is 2.30. The first-order chi connectivity index (χ1) is 20.3. The highest BCUT2D eigenvalue weighted by molar-refractivity contribution is 5.95. The van der Waals surface area contributed by atoms with Crippen molar-refractivity contribution in [2.75, 3.05) is 26.8 Å². The third-order valence-corrected chi connectivity index (χ3v) is 6.37. The molecular formula is C31H36N4O7. The number of nitrogens with zero attached hydrogens (tertiary/aromatic N) is 2. The average Bonchev–Trinajstić information content (AvgIpc) is 3.00. The molecule has 11 heteroatoms. The molecule has 11 nitrogen and oxygen atoms in total. The normalized spacial score (nSPS) is 11.2. The van der Waals surface area contributed by atoms with Gasteiger partial charge in [0.05, 0.1) is 20.1 Å². The van der Waals surface area contributed by atoms with E-state index in [1.54, 1.807) is 43.5 Å². The third kappa shape index (κ3) is 10.3. The van der Waals surface area contributed by atoms with Gasteiger partial charge in [0.25, 0.3) is 5.91 Å². The molecule has 5 amide bonds. The van der Waals surface area contributed by atoms with Crippen molar-refractivity contribution in [1.29, 1.82) is 0 Å². The number of rotatable bonds is 14. The predicted octanol–water partition coefficient (Wildman–Crippen LogP) is 2.85. The summed E-state index contributed by atoms with van der Waals surface area (Å²) in [6.07, 6.45) is -2.54. The van der Waals surface area contributed by atoms with Gasteiger partial charge in [-0.3, -0.25) is 14.5 Å². The van der Waals surface area contributed by atoms with Crippen LogP contribution < -0.4 is 15.8 Å². The van der Waals surface area contributed by atoms with Crippen LogP contribution in [0.15, 0.2) is 84.9 Å². The number of urea groups is 1. The molecule has 0 saturated heterocycles. The minimum Gasteiger partial charge on any atom is -0.497 e. The molecule has 42 heavy (non-hydrogen) atoms. The molecule has 0 heterocycles. The molecule has 0 aliphatic rings. The Morgan fingerprint density at radius 1 is 0.881 bits per heavy atom. The standard InChI is InChI=1S/C31H36N4O7/c1-41-26-14-12-23(13-15-26)16-18-35(28(37)17-19-42-30(32)39)31(40)34(21-25-10-6-3-7-11-25)22-27(36)29(38)33-20-24-8-4-2-5-9-24/h2-15,27,36H,16-22H2,1H3,(H2,32,39)(H,33,38)/t27-/m0/s1. The van der Waals surface area contributed by atoms with Crippen LogP contribution in [-0.4, -0.2) is 71.8 Å². The molecule has 0 saturated carbocycles. The number of methoxy groups -OCH3 is 1. The fourth-order valence-electron chi connectivity index (χ4n) is 4.11. The molecule has 3 aromatic rings. The summed E-state index contributed by atoms with van der Waals surface area (Å²) in [5.41, 5.74) is 7.46. The van der Waals surface area contributed by atoms with Crippen LogP contribution in [0.25, 0.3) is 0 Å². The number of aliphatic hydroxyl groups excluding tert-OH is 1. The number of carbonyl (C=O) groups is 4. The molecule has 0 spiro atoms. The van der Waals surface area contributed by atoms with E-state index in [0.29, 0.717) is 12.2 Å². The average molecular weight is 577 g/mol. The lowest BCUT2D eigenvalue weighted by Gasteiger charge is -2.31. The van der Waals surface area contributed by atoms with Crippen molar-refractivity contribution < 1.29 is 33.8 Å².